The molecule has 3 aromatic rings. The van der Waals surface area contributed by atoms with Crippen LogP contribution in [0.3, 0.4) is 0 Å². The second-order valence-corrected chi connectivity index (χ2v) is 9.74. The van der Waals surface area contributed by atoms with Gasteiger partial charge in [0.1, 0.15) is 5.75 Å². The maximum absolute atomic E-state index is 12.8. The van der Waals surface area contributed by atoms with Gasteiger partial charge in [0.15, 0.2) is 4.34 Å². The molecule has 0 fully saturated rings. The summed E-state index contributed by atoms with van der Waals surface area (Å²) in [5, 5.41) is 15.1. The van der Waals surface area contributed by atoms with Crippen LogP contribution in [0.25, 0.3) is 0 Å². The van der Waals surface area contributed by atoms with E-state index in [-0.39, 0.29) is 11.2 Å². The number of nitrogens with one attached hydrogen (secondary N) is 2. The van der Waals surface area contributed by atoms with Gasteiger partial charge in [0.25, 0.3) is 0 Å². The van der Waals surface area contributed by atoms with E-state index in [0.717, 1.165) is 32.6 Å². The van der Waals surface area contributed by atoms with Crippen LogP contribution in [0.2, 0.25) is 0 Å². The van der Waals surface area contributed by atoms with Gasteiger partial charge >= 0.3 is 0 Å². The summed E-state index contributed by atoms with van der Waals surface area (Å²) in [7, 11) is 1.63. The number of ether oxygens (including phenoxy) is 1. The number of rotatable bonds is 8. The van der Waals surface area contributed by atoms with Gasteiger partial charge in [0, 0.05) is 17.4 Å². The predicted molar refractivity (Wildman–Crippen MR) is 125 cm³/mol. The van der Waals surface area contributed by atoms with Crippen molar-refractivity contribution in [3.8, 4) is 5.75 Å². The lowest BCUT2D eigenvalue weighted by Crippen LogP contribution is -2.23. The summed E-state index contributed by atoms with van der Waals surface area (Å²) < 4.78 is 5.97. The van der Waals surface area contributed by atoms with Crippen molar-refractivity contribution in [3.05, 3.63) is 53.6 Å². The average molecular weight is 443 g/mol. The number of methoxy groups -OCH3 is 1. The molecule has 1 unspecified atom stereocenters. The van der Waals surface area contributed by atoms with Crippen molar-refractivity contribution in [1.29, 1.82) is 0 Å². The van der Waals surface area contributed by atoms with Crippen molar-refractivity contribution in [2.45, 2.75) is 43.2 Å². The lowest BCUT2D eigenvalue weighted by molar-refractivity contribution is -0.115. The van der Waals surface area contributed by atoms with Crippen LogP contribution in [0.5, 0.6) is 5.75 Å². The monoisotopic (exact) mass is 442 g/mol. The third-order valence-electron chi connectivity index (χ3n) is 4.55. The first-order valence-corrected chi connectivity index (χ1v) is 11.4. The summed E-state index contributed by atoms with van der Waals surface area (Å²) in [6, 6.07) is 13.7. The highest BCUT2D eigenvalue weighted by Crippen LogP contribution is 2.33. The van der Waals surface area contributed by atoms with Gasteiger partial charge < -0.3 is 15.4 Å². The molecule has 1 aromatic heterocycles. The van der Waals surface area contributed by atoms with Crippen molar-refractivity contribution in [3.63, 3.8) is 0 Å². The van der Waals surface area contributed by atoms with E-state index in [1.807, 2.05) is 50.2 Å². The fraction of sp³-hybridized carbons (Fsp3) is 0.318. The smallest absolute Gasteiger partial charge is 0.237 e. The van der Waals surface area contributed by atoms with Crippen LogP contribution < -0.4 is 15.4 Å². The van der Waals surface area contributed by atoms with Crippen molar-refractivity contribution in [1.82, 2.24) is 10.2 Å². The third-order valence-corrected chi connectivity index (χ3v) is 6.57. The van der Waals surface area contributed by atoms with Gasteiger partial charge in [-0.3, -0.25) is 4.79 Å². The van der Waals surface area contributed by atoms with Crippen LogP contribution in [0, 0.1) is 6.92 Å². The van der Waals surface area contributed by atoms with Crippen molar-refractivity contribution >= 4 is 45.5 Å². The van der Waals surface area contributed by atoms with Crippen LogP contribution >= 0.6 is 23.1 Å². The minimum Gasteiger partial charge on any atom is -0.497 e. The fourth-order valence-electron chi connectivity index (χ4n) is 2.90. The van der Waals surface area contributed by atoms with E-state index in [4.69, 9.17) is 4.74 Å². The number of hydrogen-bond donors (Lipinski definition) is 2. The Hall–Kier alpha value is -2.58. The Morgan fingerprint density at radius 2 is 1.90 bits per heavy atom. The quantitative estimate of drug-likeness (QED) is 0.427. The molecule has 0 aliphatic heterocycles. The highest BCUT2D eigenvalue weighted by Gasteiger charge is 2.20. The maximum atomic E-state index is 12.8. The molecule has 0 bridgehead atoms. The molecule has 0 aliphatic rings. The standard InChI is InChI=1S/C22H26N4O2S2/c1-13(2)18-11-6-8-14(3)19(18)24-20(27)15(4)29-22-26-25-21(30-22)23-16-9-7-10-17(12-16)28-5/h6-13,15H,1-5H3,(H,23,25)(H,24,27). The molecule has 0 aliphatic carbocycles. The molecule has 1 atom stereocenters. The number of aryl methyl sites for hydroxylation is 1. The van der Waals surface area contributed by atoms with Gasteiger partial charge in [0.05, 0.1) is 12.4 Å². The molecule has 0 saturated carbocycles. The zero-order valence-corrected chi connectivity index (χ0v) is 19.4. The number of para-hydroxylation sites is 1. The molecule has 8 heteroatoms. The summed E-state index contributed by atoms with van der Waals surface area (Å²) >= 11 is 2.81. The van der Waals surface area contributed by atoms with Crippen molar-refractivity contribution < 1.29 is 9.53 Å². The van der Waals surface area contributed by atoms with Crippen molar-refractivity contribution in [2.75, 3.05) is 17.7 Å². The molecule has 0 spiro atoms. The van der Waals surface area contributed by atoms with Crippen LogP contribution in [0.15, 0.2) is 46.8 Å². The van der Waals surface area contributed by atoms with Gasteiger partial charge in [-0.05, 0) is 43.0 Å². The number of carbonyl (C=O) groups excluding carboxylic acids is 1. The zero-order valence-electron chi connectivity index (χ0n) is 17.7. The Labute approximate surface area is 185 Å². The van der Waals surface area contributed by atoms with E-state index < -0.39 is 0 Å². The van der Waals surface area contributed by atoms with Crippen LogP contribution in [0.1, 0.15) is 37.8 Å². The van der Waals surface area contributed by atoms with Gasteiger partial charge in [-0.25, -0.2) is 0 Å². The van der Waals surface area contributed by atoms with Crippen LogP contribution in [-0.2, 0) is 4.79 Å². The summed E-state index contributed by atoms with van der Waals surface area (Å²) in [6.07, 6.45) is 0. The number of aromatic nitrogens is 2. The molecular formula is C22H26N4O2S2. The zero-order chi connectivity index (χ0) is 21.7. The molecule has 6 nitrogen and oxygen atoms in total. The van der Waals surface area contributed by atoms with E-state index in [1.54, 1.807) is 7.11 Å². The van der Waals surface area contributed by atoms with Crippen LogP contribution in [0.4, 0.5) is 16.5 Å². The molecule has 1 amide bonds. The van der Waals surface area contributed by atoms with E-state index in [1.165, 1.54) is 23.1 Å². The van der Waals surface area contributed by atoms with E-state index in [9.17, 15) is 4.79 Å². The Balaban J connectivity index is 1.64. The summed E-state index contributed by atoms with van der Waals surface area (Å²) in [5.74, 6) is 1.05. The largest absolute Gasteiger partial charge is 0.497 e. The lowest BCUT2D eigenvalue weighted by Gasteiger charge is -2.18. The number of anilines is 3. The lowest BCUT2D eigenvalue weighted by atomic mass is 9.98. The molecule has 30 heavy (non-hydrogen) atoms. The number of thioether (sulfide) groups is 1. The number of carbonyl (C=O) groups is 1. The van der Waals surface area contributed by atoms with E-state index in [0.29, 0.717) is 11.0 Å². The number of nitrogens with zero attached hydrogens (tertiary/aromatic N) is 2. The van der Waals surface area contributed by atoms with E-state index >= 15 is 0 Å². The second-order valence-electron chi connectivity index (χ2n) is 7.17. The van der Waals surface area contributed by atoms with Crippen molar-refractivity contribution in [2.24, 2.45) is 0 Å². The number of hydrogen-bond acceptors (Lipinski definition) is 7. The Morgan fingerprint density at radius 3 is 2.63 bits per heavy atom. The molecular weight excluding hydrogens is 416 g/mol. The highest BCUT2D eigenvalue weighted by molar-refractivity contribution is 8.02. The topological polar surface area (TPSA) is 76.1 Å². The number of benzene rings is 2. The molecule has 3 rings (SSSR count). The molecule has 2 N–H and O–H groups in total. The molecule has 2 aromatic carbocycles. The Kier molecular flexibility index (Phi) is 7.33. The first-order valence-electron chi connectivity index (χ1n) is 9.69. The molecule has 0 saturated heterocycles. The maximum Gasteiger partial charge on any atom is 0.237 e. The average Bonchev–Trinajstić information content (AvgIpc) is 3.15. The first-order chi connectivity index (χ1) is 14.4. The summed E-state index contributed by atoms with van der Waals surface area (Å²) in [4.78, 5) is 12.8. The van der Waals surface area contributed by atoms with Crippen LogP contribution in [-0.4, -0.2) is 28.5 Å². The molecule has 1 heterocycles. The first kappa shape index (κ1) is 22.1. The SMILES string of the molecule is COc1cccc(Nc2nnc(SC(C)C(=O)Nc3c(C)cccc3C(C)C)s2)c1. The highest BCUT2D eigenvalue weighted by atomic mass is 32.2. The predicted octanol–water partition coefficient (Wildman–Crippen LogP) is 5.84. The third kappa shape index (κ3) is 5.52. The van der Waals surface area contributed by atoms with E-state index in [2.05, 4.69) is 40.7 Å². The van der Waals surface area contributed by atoms with Gasteiger partial charge in [-0.15, -0.1) is 10.2 Å². The Morgan fingerprint density at radius 1 is 1.13 bits per heavy atom. The minimum absolute atomic E-state index is 0.0475. The van der Waals surface area contributed by atoms with Gasteiger partial charge in [-0.2, -0.15) is 0 Å². The number of amides is 1. The Bertz CT molecular complexity index is 1020. The minimum atomic E-state index is -0.303. The summed E-state index contributed by atoms with van der Waals surface area (Å²) in [5.41, 5.74) is 3.98. The normalized spacial score (nSPS) is 11.9. The fourth-order valence-corrected chi connectivity index (χ4v) is 4.82. The molecule has 158 valence electrons. The van der Waals surface area contributed by atoms with Gasteiger partial charge in [0.2, 0.25) is 11.0 Å². The molecule has 0 radical (unpaired) electrons. The summed E-state index contributed by atoms with van der Waals surface area (Å²) in [6.45, 7) is 8.14. The second kappa shape index (κ2) is 9.95. The van der Waals surface area contributed by atoms with Gasteiger partial charge in [-0.1, -0.05) is 61.2 Å².